The summed E-state index contributed by atoms with van der Waals surface area (Å²) in [5.74, 6) is 0.320. The van der Waals surface area contributed by atoms with Crippen molar-refractivity contribution in [2.45, 2.75) is 26.5 Å². The number of rotatable bonds is 5. The molecule has 2 heterocycles. The van der Waals surface area contributed by atoms with E-state index in [1.807, 2.05) is 18.2 Å². The van der Waals surface area contributed by atoms with Crippen LogP contribution in [0.3, 0.4) is 0 Å². The summed E-state index contributed by atoms with van der Waals surface area (Å²) in [6.45, 7) is 3.76. The first-order chi connectivity index (χ1) is 13.9. The Hall–Kier alpha value is -3.00. The molecule has 0 saturated heterocycles. The first kappa shape index (κ1) is 19.3. The molecule has 0 aliphatic carbocycles. The summed E-state index contributed by atoms with van der Waals surface area (Å²) < 4.78 is 22.4. The molecular weight excluding hydrogens is 442 g/mol. The molecule has 7 nitrogen and oxygen atoms in total. The van der Waals surface area contributed by atoms with Crippen molar-refractivity contribution in [3.8, 4) is 11.5 Å². The van der Waals surface area contributed by atoms with E-state index in [9.17, 15) is 9.59 Å². The normalized spacial score (nSPS) is 13.3. The molecule has 1 aromatic heterocycles. The van der Waals surface area contributed by atoms with Gasteiger partial charge in [0.2, 0.25) is 12.6 Å². The zero-order valence-corrected chi connectivity index (χ0v) is 17.4. The number of carbonyl (C=O) groups is 2. The first-order valence-electron chi connectivity index (χ1n) is 8.98. The van der Waals surface area contributed by atoms with Gasteiger partial charge in [0.25, 0.3) is 5.91 Å². The Morgan fingerprint density at radius 3 is 2.79 bits per heavy atom. The minimum atomic E-state index is -0.976. The van der Waals surface area contributed by atoms with E-state index in [2.05, 4.69) is 21.2 Å². The Labute approximate surface area is 175 Å². The van der Waals surface area contributed by atoms with Gasteiger partial charge in [0.1, 0.15) is 5.58 Å². The number of fused-ring (bicyclic) bond motifs is 2. The molecule has 0 bridgehead atoms. The second-order valence-electron chi connectivity index (χ2n) is 6.65. The molecule has 29 heavy (non-hydrogen) atoms. The molecule has 0 radical (unpaired) electrons. The van der Waals surface area contributed by atoms with Gasteiger partial charge in [-0.3, -0.25) is 4.79 Å². The van der Waals surface area contributed by atoms with Gasteiger partial charge >= 0.3 is 5.97 Å². The minimum Gasteiger partial charge on any atom is -0.454 e. The highest BCUT2D eigenvalue weighted by molar-refractivity contribution is 9.10. The van der Waals surface area contributed by atoms with E-state index >= 15 is 0 Å². The number of carbonyl (C=O) groups excluding carboxylic acids is 2. The lowest BCUT2D eigenvalue weighted by molar-refractivity contribution is -0.129. The highest BCUT2D eigenvalue weighted by atomic mass is 79.9. The molecule has 150 valence electrons. The van der Waals surface area contributed by atoms with Crippen molar-refractivity contribution in [2.75, 3.05) is 6.79 Å². The molecule has 0 spiro atoms. The first-order valence-corrected chi connectivity index (χ1v) is 9.77. The van der Waals surface area contributed by atoms with Crippen LogP contribution in [0.5, 0.6) is 11.5 Å². The van der Waals surface area contributed by atoms with Crippen molar-refractivity contribution in [2.24, 2.45) is 0 Å². The number of furan rings is 1. The number of benzene rings is 2. The topological polar surface area (TPSA) is 87.0 Å². The summed E-state index contributed by atoms with van der Waals surface area (Å²) in [6, 6.07) is 10.9. The standard InChI is InChI=1S/C21H18BrNO6/c1-11-15-8-14(22)4-6-16(15)29-19(11)21(25)28-12(2)20(24)23-9-13-3-5-17-18(7-13)27-10-26-17/h3-8,12H,9-10H2,1-2H3,(H,23,24). The average Bonchev–Trinajstić information content (AvgIpc) is 3.30. The lowest BCUT2D eigenvalue weighted by atomic mass is 10.1. The largest absolute Gasteiger partial charge is 0.454 e. The van der Waals surface area contributed by atoms with Gasteiger partial charge in [0.05, 0.1) is 0 Å². The van der Waals surface area contributed by atoms with Crippen molar-refractivity contribution < 1.29 is 28.2 Å². The fourth-order valence-electron chi connectivity index (χ4n) is 3.04. The number of nitrogens with one attached hydrogen (secondary N) is 1. The van der Waals surface area contributed by atoms with Crippen LogP contribution >= 0.6 is 15.9 Å². The van der Waals surface area contributed by atoms with Crippen LogP contribution < -0.4 is 14.8 Å². The quantitative estimate of drug-likeness (QED) is 0.578. The smallest absolute Gasteiger partial charge is 0.375 e. The molecule has 4 rings (SSSR count). The molecule has 1 aliphatic rings. The van der Waals surface area contributed by atoms with Crippen LogP contribution in [0.4, 0.5) is 0 Å². The van der Waals surface area contributed by atoms with Crippen molar-refractivity contribution in [1.29, 1.82) is 0 Å². The fraction of sp³-hybridized carbons (Fsp3) is 0.238. The lowest BCUT2D eigenvalue weighted by Gasteiger charge is -2.13. The van der Waals surface area contributed by atoms with Crippen molar-refractivity contribution >= 4 is 38.8 Å². The van der Waals surface area contributed by atoms with E-state index in [0.717, 1.165) is 15.4 Å². The molecular formula is C21H18BrNO6. The van der Waals surface area contributed by atoms with E-state index in [-0.39, 0.29) is 19.1 Å². The molecule has 1 N–H and O–H groups in total. The van der Waals surface area contributed by atoms with Crippen LogP contribution in [-0.4, -0.2) is 24.8 Å². The van der Waals surface area contributed by atoms with Crippen LogP contribution in [0, 0.1) is 6.92 Å². The van der Waals surface area contributed by atoms with Gasteiger partial charge in [-0.2, -0.15) is 0 Å². The summed E-state index contributed by atoms with van der Waals surface area (Å²) >= 11 is 3.40. The molecule has 1 unspecified atom stereocenters. The van der Waals surface area contributed by atoms with E-state index in [1.54, 1.807) is 25.1 Å². The van der Waals surface area contributed by atoms with Gasteiger partial charge < -0.3 is 23.9 Å². The maximum absolute atomic E-state index is 12.5. The molecule has 2 aromatic carbocycles. The Morgan fingerprint density at radius 1 is 1.17 bits per heavy atom. The van der Waals surface area contributed by atoms with E-state index in [0.29, 0.717) is 22.6 Å². The fourth-order valence-corrected chi connectivity index (χ4v) is 3.40. The van der Waals surface area contributed by atoms with Gasteiger partial charge in [0, 0.05) is 22.0 Å². The third-order valence-electron chi connectivity index (χ3n) is 4.64. The van der Waals surface area contributed by atoms with E-state index in [1.165, 1.54) is 6.92 Å². The van der Waals surface area contributed by atoms with Crippen molar-refractivity contribution in [3.05, 3.63) is 57.8 Å². The zero-order valence-electron chi connectivity index (χ0n) is 15.8. The lowest BCUT2D eigenvalue weighted by Crippen LogP contribution is -2.35. The number of esters is 1. The monoisotopic (exact) mass is 459 g/mol. The maximum Gasteiger partial charge on any atom is 0.375 e. The summed E-state index contributed by atoms with van der Waals surface area (Å²) in [5, 5.41) is 3.56. The van der Waals surface area contributed by atoms with Crippen LogP contribution in [0.1, 0.15) is 28.6 Å². The number of hydrogen-bond donors (Lipinski definition) is 1. The summed E-state index contributed by atoms with van der Waals surface area (Å²) in [4.78, 5) is 24.8. The van der Waals surface area contributed by atoms with Gasteiger partial charge in [-0.05, 0) is 49.7 Å². The molecule has 0 fully saturated rings. The molecule has 1 aliphatic heterocycles. The molecule has 0 saturated carbocycles. The molecule has 1 amide bonds. The van der Waals surface area contributed by atoms with Gasteiger partial charge in [-0.15, -0.1) is 0 Å². The Balaban J connectivity index is 1.38. The van der Waals surface area contributed by atoms with Crippen LogP contribution in [0.15, 0.2) is 45.3 Å². The Morgan fingerprint density at radius 2 is 1.97 bits per heavy atom. The highest BCUT2D eigenvalue weighted by Gasteiger charge is 2.24. The third kappa shape index (κ3) is 3.93. The maximum atomic E-state index is 12.5. The number of aryl methyl sites for hydroxylation is 1. The van der Waals surface area contributed by atoms with Crippen molar-refractivity contribution in [1.82, 2.24) is 5.32 Å². The van der Waals surface area contributed by atoms with Crippen LogP contribution in [0.25, 0.3) is 11.0 Å². The predicted octanol–water partition coefficient (Wildman–Crippen LogP) is 4.09. The van der Waals surface area contributed by atoms with Crippen molar-refractivity contribution in [3.63, 3.8) is 0 Å². The second kappa shape index (κ2) is 7.79. The highest BCUT2D eigenvalue weighted by Crippen LogP contribution is 2.32. The third-order valence-corrected chi connectivity index (χ3v) is 5.13. The van der Waals surface area contributed by atoms with E-state index < -0.39 is 18.0 Å². The van der Waals surface area contributed by atoms with Gasteiger partial charge in [-0.25, -0.2) is 4.79 Å². The average molecular weight is 460 g/mol. The number of amides is 1. The SMILES string of the molecule is Cc1c(C(=O)OC(C)C(=O)NCc2ccc3c(c2)OCO3)oc2ccc(Br)cc12. The van der Waals surface area contributed by atoms with Gasteiger partial charge in [0.15, 0.2) is 17.6 Å². The van der Waals surface area contributed by atoms with E-state index in [4.69, 9.17) is 18.6 Å². The summed E-state index contributed by atoms with van der Waals surface area (Å²) in [6.07, 6.45) is -0.976. The number of halogens is 1. The molecule has 1 atom stereocenters. The summed E-state index contributed by atoms with van der Waals surface area (Å²) in [7, 11) is 0. The Kier molecular flexibility index (Phi) is 5.19. The van der Waals surface area contributed by atoms with Crippen LogP contribution in [0.2, 0.25) is 0 Å². The van der Waals surface area contributed by atoms with Gasteiger partial charge in [-0.1, -0.05) is 22.0 Å². The number of hydrogen-bond acceptors (Lipinski definition) is 6. The second-order valence-corrected chi connectivity index (χ2v) is 7.57. The summed E-state index contributed by atoms with van der Waals surface area (Å²) in [5.41, 5.74) is 2.09. The number of ether oxygens (including phenoxy) is 3. The van der Waals surface area contributed by atoms with Crippen LogP contribution in [-0.2, 0) is 16.1 Å². The molecule has 8 heteroatoms. The minimum absolute atomic E-state index is 0.0912. The predicted molar refractivity (Wildman–Crippen MR) is 108 cm³/mol. The molecule has 3 aromatic rings. The Bertz CT molecular complexity index is 1110. The zero-order chi connectivity index (χ0) is 20.5.